The van der Waals surface area contributed by atoms with E-state index in [4.69, 9.17) is 10.5 Å². The maximum absolute atomic E-state index is 5.68. The molecule has 0 aliphatic heterocycles. The summed E-state index contributed by atoms with van der Waals surface area (Å²) in [5.74, 6) is 0. The Labute approximate surface area is 98.2 Å². The lowest BCUT2D eigenvalue weighted by Gasteiger charge is -2.28. The molecule has 0 saturated heterocycles. The van der Waals surface area contributed by atoms with E-state index < -0.39 is 0 Å². The summed E-state index contributed by atoms with van der Waals surface area (Å²) in [5, 5.41) is 0. The van der Waals surface area contributed by atoms with Gasteiger partial charge in [0.05, 0.1) is 6.61 Å². The Bertz CT molecular complexity index is 277. The second kappa shape index (κ2) is 7.39. The summed E-state index contributed by atoms with van der Waals surface area (Å²) in [6.45, 7) is 2.39. The van der Waals surface area contributed by atoms with Crippen molar-refractivity contribution in [1.82, 2.24) is 4.90 Å². The quantitative estimate of drug-likeness (QED) is 0.762. The smallest absolute Gasteiger partial charge is 0.0589 e. The van der Waals surface area contributed by atoms with Crippen molar-refractivity contribution in [1.29, 1.82) is 0 Å². The predicted octanol–water partition coefficient (Wildman–Crippen LogP) is 1.65. The van der Waals surface area contributed by atoms with Crippen molar-refractivity contribution in [3.8, 4) is 0 Å². The van der Waals surface area contributed by atoms with Crippen LogP contribution in [-0.4, -0.2) is 38.8 Å². The third kappa shape index (κ3) is 3.93. The number of hydrogen-bond donors (Lipinski definition) is 1. The number of nitrogens with two attached hydrogens (primary N) is 1. The second-order valence-electron chi connectivity index (χ2n) is 3.98. The Morgan fingerprint density at radius 1 is 1.31 bits per heavy atom. The fourth-order valence-electron chi connectivity index (χ4n) is 1.87. The zero-order valence-corrected chi connectivity index (χ0v) is 10.2. The van der Waals surface area contributed by atoms with E-state index >= 15 is 0 Å². The molecule has 2 N–H and O–H groups in total. The molecule has 0 spiro atoms. The monoisotopic (exact) mass is 222 g/mol. The van der Waals surface area contributed by atoms with Gasteiger partial charge in [0.1, 0.15) is 0 Å². The van der Waals surface area contributed by atoms with Crippen LogP contribution in [0.2, 0.25) is 0 Å². The van der Waals surface area contributed by atoms with Gasteiger partial charge in [-0.1, -0.05) is 30.3 Å². The van der Waals surface area contributed by atoms with Gasteiger partial charge < -0.3 is 10.5 Å². The molecule has 3 heteroatoms. The average Bonchev–Trinajstić information content (AvgIpc) is 2.34. The van der Waals surface area contributed by atoms with E-state index in [1.807, 2.05) is 6.07 Å². The molecule has 1 aromatic carbocycles. The lowest BCUT2D eigenvalue weighted by Crippen LogP contribution is -2.29. The summed E-state index contributed by atoms with van der Waals surface area (Å²) in [6.07, 6.45) is 0.976. The molecule has 0 saturated carbocycles. The van der Waals surface area contributed by atoms with Crippen molar-refractivity contribution in [3.63, 3.8) is 0 Å². The van der Waals surface area contributed by atoms with Crippen LogP contribution in [0.3, 0.4) is 0 Å². The minimum atomic E-state index is 0.390. The van der Waals surface area contributed by atoms with Gasteiger partial charge in [0.15, 0.2) is 0 Å². The summed E-state index contributed by atoms with van der Waals surface area (Å²) >= 11 is 0. The molecule has 1 rings (SSSR count). The van der Waals surface area contributed by atoms with Crippen molar-refractivity contribution in [2.45, 2.75) is 12.5 Å². The normalized spacial score (nSPS) is 13.0. The molecule has 16 heavy (non-hydrogen) atoms. The number of rotatable bonds is 7. The zero-order valence-electron chi connectivity index (χ0n) is 10.2. The van der Waals surface area contributed by atoms with Crippen molar-refractivity contribution in [3.05, 3.63) is 35.9 Å². The molecule has 0 bridgehead atoms. The summed E-state index contributed by atoms with van der Waals surface area (Å²) in [5.41, 5.74) is 7.00. The molecule has 3 nitrogen and oxygen atoms in total. The lowest BCUT2D eigenvalue weighted by molar-refractivity contribution is 0.136. The number of ether oxygens (including phenoxy) is 1. The standard InChI is InChI=1S/C13H22N2O/c1-15(10-11-16-2)13(8-9-14)12-6-4-3-5-7-12/h3-7,13H,8-11,14H2,1-2H3. The highest BCUT2D eigenvalue weighted by molar-refractivity contribution is 5.18. The maximum Gasteiger partial charge on any atom is 0.0589 e. The van der Waals surface area contributed by atoms with Crippen LogP contribution in [0, 0.1) is 0 Å². The second-order valence-corrected chi connectivity index (χ2v) is 3.98. The van der Waals surface area contributed by atoms with Gasteiger partial charge in [0.2, 0.25) is 0 Å². The first-order valence-electron chi connectivity index (χ1n) is 5.73. The fourth-order valence-corrected chi connectivity index (χ4v) is 1.87. The number of methoxy groups -OCH3 is 1. The van der Waals surface area contributed by atoms with E-state index in [-0.39, 0.29) is 0 Å². The Morgan fingerprint density at radius 2 is 2.00 bits per heavy atom. The van der Waals surface area contributed by atoms with Crippen LogP contribution in [0.4, 0.5) is 0 Å². The molecule has 0 aliphatic carbocycles. The van der Waals surface area contributed by atoms with E-state index in [1.165, 1.54) is 5.56 Å². The Balaban J connectivity index is 2.66. The Hall–Kier alpha value is -0.900. The maximum atomic E-state index is 5.68. The summed E-state index contributed by atoms with van der Waals surface area (Å²) < 4.78 is 5.10. The fraction of sp³-hybridized carbons (Fsp3) is 0.538. The molecule has 0 fully saturated rings. The van der Waals surface area contributed by atoms with Crippen LogP contribution in [0.25, 0.3) is 0 Å². The number of likely N-dealkylation sites (N-methyl/N-ethyl adjacent to an activating group) is 1. The SMILES string of the molecule is COCCN(C)C(CCN)c1ccccc1. The van der Waals surface area contributed by atoms with Gasteiger partial charge in [-0.05, 0) is 25.6 Å². The minimum absolute atomic E-state index is 0.390. The predicted molar refractivity (Wildman–Crippen MR) is 67.4 cm³/mol. The highest BCUT2D eigenvalue weighted by Gasteiger charge is 2.15. The van der Waals surface area contributed by atoms with Gasteiger partial charge in [0.25, 0.3) is 0 Å². The summed E-state index contributed by atoms with van der Waals surface area (Å²) in [6, 6.07) is 10.9. The molecular formula is C13H22N2O. The van der Waals surface area contributed by atoms with Crippen molar-refractivity contribution in [2.24, 2.45) is 5.73 Å². The van der Waals surface area contributed by atoms with Gasteiger partial charge in [-0.25, -0.2) is 0 Å². The lowest BCUT2D eigenvalue weighted by atomic mass is 10.0. The van der Waals surface area contributed by atoms with Crippen LogP contribution in [0.5, 0.6) is 0 Å². The van der Waals surface area contributed by atoms with Crippen molar-refractivity contribution < 1.29 is 4.74 Å². The van der Waals surface area contributed by atoms with E-state index in [0.717, 1.165) is 19.6 Å². The van der Waals surface area contributed by atoms with Crippen LogP contribution < -0.4 is 5.73 Å². The number of benzene rings is 1. The first-order valence-corrected chi connectivity index (χ1v) is 5.73. The Morgan fingerprint density at radius 3 is 2.56 bits per heavy atom. The molecule has 0 amide bonds. The van der Waals surface area contributed by atoms with Gasteiger partial charge in [0, 0.05) is 19.7 Å². The summed E-state index contributed by atoms with van der Waals surface area (Å²) in [4.78, 5) is 2.30. The van der Waals surface area contributed by atoms with Gasteiger partial charge >= 0.3 is 0 Å². The molecule has 1 atom stereocenters. The number of hydrogen-bond acceptors (Lipinski definition) is 3. The van der Waals surface area contributed by atoms with Crippen LogP contribution in [0.15, 0.2) is 30.3 Å². The first-order chi connectivity index (χ1) is 7.79. The van der Waals surface area contributed by atoms with E-state index in [9.17, 15) is 0 Å². The Kier molecular flexibility index (Phi) is 6.08. The molecule has 1 aromatic rings. The molecule has 90 valence electrons. The molecule has 0 aromatic heterocycles. The topological polar surface area (TPSA) is 38.5 Å². The first kappa shape index (κ1) is 13.2. The molecule has 0 radical (unpaired) electrons. The molecule has 0 aliphatic rings. The van der Waals surface area contributed by atoms with Crippen molar-refractivity contribution in [2.75, 3.05) is 33.9 Å². The van der Waals surface area contributed by atoms with E-state index in [2.05, 4.69) is 36.2 Å². The summed E-state index contributed by atoms with van der Waals surface area (Å²) in [7, 11) is 3.85. The highest BCUT2D eigenvalue weighted by Crippen LogP contribution is 2.21. The van der Waals surface area contributed by atoms with E-state index in [1.54, 1.807) is 7.11 Å². The third-order valence-electron chi connectivity index (χ3n) is 2.80. The van der Waals surface area contributed by atoms with Crippen LogP contribution in [-0.2, 0) is 4.74 Å². The minimum Gasteiger partial charge on any atom is -0.383 e. The molecule has 1 unspecified atom stereocenters. The van der Waals surface area contributed by atoms with Gasteiger partial charge in [-0.3, -0.25) is 4.90 Å². The van der Waals surface area contributed by atoms with Gasteiger partial charge in [-0.2, -0.15) is 0 Å². The van der Waals surface area contributed by atoms with Crippen LogP contribution in [0.1, 0.15) is 18.0 Å². The van der Waals surface area contributed by atoms with Gasteiger partial charge in [-0.15, -0.1) is 0 Å². The zero-order chi connectivity index (χ0) is 11.8. The number of nitrogens with zero attached hydrogens (tertiary/aromatic N) is 1. The van der Waals surface area contributed by atoms with E-state index in [0.29, 0.717) is 12.6 Å². The largest absolute Gasteiger partial charge is 0.383 e. The molecular weight excluding hydrogens is 200 g/mol. The van der Waals surface area contributed by atoms with Crippen LogP contribution >= 0.6 is 0 Å². The highest BCUT2D eigenvalue weighted by atomic mass is 16.5. The molecule has 0 heterocycles. The third-order valence-corrected chi connectivity index (χ3v) is 2.80. The average molecular weight is 222 g/mol. The van der Waals surface area contributed by atoms with Crippen molar-refractivity contribution >= 4 is 0 Å².